The van der Waals surface area contributed by atoms with Crippen LogP contribution in [0, 0.1) is 12.8 Å². The smallest absolute Gasteiger partial charge is 0.363 e. The molecule has 3 nitrogen and oxygen atoms in total. The molecule has 1 aliphatic heterocycles. The molecule has 20 heavy (non-hydrogen) atoms. The van der Waals surface area contributed by atoms with Crippen molar-refractivity contribution in [2.45, 2.75) is 39.0 Å². The van der Waals surface area contributed by atoms with Gasteiger partial charge in [0.2, 0.25) is 5.90 Å². The Bertz CT molecular complexity index is 563. The maximum absolute atomic E-state index is 11.9. The van der Waals surface area contributed by atoms with Gasteiger partial charge in [0.05, 0.1) is 0 Å². The number of benzene rings is 1. The summed E-state index contributed by atoms with van der Waals surface area (Å²) in [5, 5.41) is 0. The van der Waals surface area contributed by atoms with Gasteiger partial charge in [0.15, 0.2) is 5.70 Å². The Hall–Kier alpha value is -1.90. The molecule has 0 bridgehead atoms. The van der Waals surface area contributed by atoms with E-state index < -0.39 is 0 Å². The normalized spacial score (nSPS) is 21.9. The molecule has 0 spiro atoms. The summed E-state index contributed by atoms with van der Waals surface area (Å²) in [6.45, 7) is 2.04. The zero-order chi connectivity index (χ0) is 13.9. The van der Waals surface area contributed by atoms with E-state index in [1.54, 1.807) is 6.08 Å². The summed E-state index contributed by atoms with van der Waals surface area (Å²) in [5.41, 5.74) is 2.61. The van der Waals surface area contributed by atoms with Crippen molar-refractivity contribution in [2.75, 3.05) is 0 Å². The molecule has 0 amide bonds. The second-order valence-corrected chi connectivity index (χ2v) is 5.61. The molecule has 1 saturated carbocycles. The zero-order valence-corrected chi connectivity index (χ0v) is 11.8. The highest BCUT2D eigenvalue weighted by Crippen LogP contribution is 2.29. The molecule has 1 fully saturated rings. The first-order valence-corrected chi connectivity index (χ1v) is 7.31. The predicted octanol–water partition coefficient (Wildman–Crippen LogP) is 3.87. The van der Waals surface area contributed by atoms with E-state index in [0.29, 0.717) is 17.5 Å². The maximum Gasteiger partial charge on any atom is 0.363 e. The second-order valence-electron chi connectivity index (χ2n) is 5.61. The Balaban J connectivity index is 1.80. The zero-order valence-electron chi connectivity index (χ0n) is 11.8. The number of aliphatic imine (C=N–C) groups is 1. The Labute approximate surface area is 119 Å². The van der Waals surface area contributed by atoms with Gasteiger partial charge in [0.1, 0.15) is 0 Å². The van der Waals surface area contributed by atoms with Crippen LogP contribution in [0.25, 0.3) is 6.08 Å². The van der Waals surface area contributed by atoms with E-state index in [0.717, 1.165) is 18.4 Å². The largest absolute Gasteiger partial charge is 0.406 e. The van der Waals surface area contributed by atoms with Crippen LogP contribution in [0.4, 0.5) is 0 Å². The minimum absolute atomic E-state index is 0.314. The van der Waals surface area contributed by atoms with Gasteiger partial charge >= 0.3 is 5.97 Å². The second kappa shape index (κ2) is 5.61. The third-order valence-corrected chi connectivity index (χ3v) is 3.97. The van der Waals surface area contributed by atoms with Crippen LogP contribution in [0.1, 0.15) is 43.2 Å². The van der Waals surface area contributed by atoms with Crippen LogP contribution in [0.15, 0.2) is 35.0 Å². The van der Waals surface area contributed by atoms with Gasteiger partial charge in [-0.25, -0.2) is 9.79 Å². The topological polar surface area (TPSA) is 38.7 Å². The summed E-state index contributed by atoms with van der Waals surface area (Å²) in [6, 6.07) is 8.03. The van der Waals surface area contributed by atoms with E-state index in [2.05, 4.69) is 4.99 Å². The maximum atomic E-state index is 11.9. The van der Waals surface area contributed by atoms with Crippen LogP contribution in [0.3, 0.4) is 0 Å². The van der Waals surface area contributed by atoms with Crippen molar-refractivity contribution in [2.24, 2.45) is 10.9 Å². The first-order chi connectivity index (χ1) is 9.72. The van der Waals surface area contributed by atoms with Gasteiger partial charge in [-0.05, 0) is 31.4 Å². The fraction of sp³-hybridized carbons (Fsp3) is 0.412. The highest BCUT2D eigenvalue weighted by molar-refractivity contribution is 6.07. The summed E-state index contributed by atoms with van der Waals surface area (Å²) < 4.78 is 5.35. The Morgan fingerprint density at radius 3 is 2.55 bits per heavy atom. The lowest BCUT2D eigenvalue weighted by molar-refractivity contribution is -0.130. The minimum Gasteiger partial charge on any atom is -0.406 e. The van der Waals surface area contributed by atoms with Gasteiger partial charge in [-0.2, -0.15) is 0 Å². The fourth-order valence-corrected chi connectivity index (χ4v) is 2.77. The van der Waals surface area contributed by atoms with E-state index >= 15 is 0 Å². The fourth-order valence-electron chi connectivity index (χ4n) is 2.77. The monoisotopic (exact) mass is 269 g/mol. The third-order valence-electron chi connectivity index (χ3n) is 3.97. The molecule has 1 aliphatic carbocycles. The van der Waals surface area contributed by atoms with Gasteiger partial charge < -0.3 is 4.74 Å². The molecule has 1 aromatic rings. The lowest BCUT2D eigenvalue weighted by atomic mass is 9.89. The van der Waals surface area contributed by atoms with Crippen LogP contribution < -0.4 is 0 Å². The number of nitrogens with zero attached hydrogens (tertiary/aromatic N) is 1. The van der Waals surface area contributed by atoms with Crippen molar-refractivity contribution in [3.05, 3.63) is 41.1 Å². The highest BCUT2D eigenvalue weighted by Gasteiger charge is 2.29. The summed E-state index contributed by atoms with van der Waals surface area (Å²) in [4.78, 5) is 16.3. The number of carbonyl (C=O) groups excluding carboxylic acids is 1. The molecule has 1 heterocycles. The predicted molar refractivity (Wildman–Crippen MR) is 79.3 cm³/mol. The first-order valence-electron chi connectivity index (χ1n) is 7.31. The number of esters is 1. The molecule has 0 atom stereocenters. The minimum atomic E-state index is -0.314. The lowest BCUT2D eigenvalue weighted by Gasteiger charge is -2.19. The lowest BCUT2D eigenvalue weighted by Crippen LogP contribution is -2.19. The first kappa shape index (κ1) is 13.1. The van der Waals surface area contributed by atoms with Crippen molar-refractivity contribution < 1.29 is 9.53 Å². The van der Waals surface area contributed by atoms with Crippen LogP contribution in [-0.2, 0) is 9.53 Å². The summed E-state index contributed by atoms with van der Waals surface area (Å²) in [7, 11) is 0. The summed E-state index contributed by atoms with van der Waals surface area (Å²) >= 11 is 0. The number of cyclic esters (lactones) is 1. The van der Waals surface area contributed by atoms with Crippen LogP contribution in [0.2, 0.25) is 0 Å². The molecule has 2 aliphatic rings. The van der Waals surface area contributed by atoms with Gasteiger partial charge in [-0.3, -0.25) is 0 Å². The number of aryl methyl sites for hydroxylation is 1. The van der Waals surface area contributed by atoms with Crippen molar-refractivity contribution in [3.8, 4) is 0 Å². The number of hydrogen-bond donors (Lipinski definition) is 0. The summed E-state index contributed by atoms with van der Waals surface area (Å²) in [5.74, 6) is 0.649. The third kappa shape index (κ3) is 2.82. The average Bonchev–Trinajstić information content (AvgIpc) is 2.84. The van der Waals surface area contributed by atoms with E-state index in [1.807, 2.05) is 31.2 Å². The Kier molecular flexibility index (Phi) is 3.68. The van der Waals surface area contributed by atoms with Gasteiger partial charge in [0, 0.05) is 5.92 Å². The molecule has 104 valence electrons. The van der Waals surface area contributed by atoms with E-state index in [4.69, 9.17) is 4.74 Å². The molecule has 0 N–H and O–H groups in total. The van der Waals surface area contributed by atoms with Crippen molar-refractivity contribution in [3.63, 3.8) is 0 Å². The van der Waals surface area contributed by atoms with Crippen molar-refractivity contribution >= 4 is 17.9 Å². The molecule has 0 aromatic heterocycles. The molecule has 0 saturated heterocycles. The van der Waals surface area contributed by atoms with Crippen LogP contribution in [-0.4, -0.2) is 11.9 Å². The summed E-state index contributed by atoms with van der Waals surface area (Å²) in [6.07, 6.45) is 7.67. The SMILES string of the molecule is Cc1ccc(/C=C2/N=C(C3CCCCC3)OC2=O)cc1. The Morgan fingerprint density at radius 1 is 1.15 bits per heavy atom. The van der Waals surface area contributed by atoms with Crippen molar-refractivity contribution in [1.29, 1.82) is 0 Å². The molecule has 3 rings (SSSR count). The van der Waals surface area contributed by atoms with Crippen LogP contribution >= 0.6 is 0 Å². The molecule has 0 radical (unpaired) electrons. The number of rotatable bonds is 2. The average molecular weight is 269 g/mol. The van der Waals surface area contributed by atoms with Crippen molar-refractivity contribution in [1.82, 2.24) is 0 Å². The van der Waals surface area contributed by atoms with Crippen LogP contribution in [0.5, 0.6) is 0 Å². The van der Waals surface area contributed by atoms with E-state index in [9.17, 15) is 4.79 Å². The molecule has 0 unspecified atom stereocenters. The molecular weight excluding hydrogens is 250 g/mol. The van der Waals surface area contributed by atoms with E-state index in [1.165, 1.54) is 24.8 Å². The standard InChI is InChI=1S/C17H19NO2/c1-12-7-9-13(10-8-12)11-15-17(19)20-16(18-15)14-5-3-2-4-6-14/h7-11,14H,2-6H2,1H3/b15-11+. The molecular formula is C17H19NO2. The van der Waals surface area contributed by atoms with Gasteiger partial charge in [-0.1, -0.05) is 49.1 Å². The molecule has 1 aromatic carbocycles. The van der Waals surface area contributed by atoms with E-state index in [-0.39, 0.29) is 5.97 Å². The number of hydrogen-bond acceptors (Lipinski definition) is 3. The Morgan fingerprint density at radius 2 is 1.85 bits per heavy atom. The quantitative estimate of drug-likeness (QED) is 0.604. The number of carbonyl (C=O) groups is 1. The molecule has 3 heteroatoms. The number of ether oxygens (including phenoxy) is 1. The van der Waals surface area contributed by atoms with Gasteiger partial charge in [-0.15, -0.1) is 0 Å². The van der Waals surface area contributed by atoms with Gasteiger partial charge in [0.25, 0.3) is 0 Å². The highest BCUT2D eigenvalue weighted by atomic mass is 16.6.